The van der Waals surface area contributed by atoms with Crippen LogP contribution in [0, 0.1) is 6.92 Å². The van der Waals surface area contributed by atoms with Crippen molar-refractivity contribution in [3.8, 4) is 0 Å². The molecule has 7 nitrogen and oxygen atoms in total. The summed E-state index contributed by atoms with van der Waals surface area (Å²) in [5.41, 5.74) is 2.62. The van der Waals surface area contributed by atoms with Crippen LogP contribution >= 0.6 is 0 Å². The summed E-state index contributed by atoms with van der Waals surface area (Å²) in [5, 5.41) is 3.19. The van der Waals surface area contributed by atoms with Crippen molar-refractivity contribution in [1.82, 2.24) is 14.3 Å². The molecule has 0 aliphatic carbocycles. The van der Waals surface area contributed by atoms with E-state index in [1.807, 2.05) is 31.2 Å². The molecule has 2 fully saturated rings. The fraction of sp³-hybridized carbons (Fsp3) is 0.579. The number of aryl methyl sites for hydroxylation is 1. The molecule has 2 saturated heterocycles. The van der Waals surface area contributed by atoms with Crippen LogP contribution in [0.1, 0.15) is 31.4 Å². The van der Waals surface area contributed by atoms with Crippen LogP contribution in [0.4, 0.5) is 5.82 Å². The molecule has 0 unspecified atom stereocenters. The highest BCUT2D eigenvalue weighted by molar-refractivity contribution is 7.89. The third-order valence-corrected chi connectivity index (χ3v) is 7.89. The number of hydrogen-bond acceptors (Lipinski definition) is 6. The zero-order valence-corrected chi connectivity index (χ0v) is 16.4. The summed E-state index contributed by atoms with van der Waals surface area (Å²) in [6.45, 7) is 4.14. The lowest BCUT2D eigenvalue weighted by atomic mass is 10.1. The van der Waals surface area contributed by atoms with Gasteiger partial charge in [0.1, 0.15) is 5.82 Å². The Morgan fingerprint density at radius 3 is 2.33 bits per heavy atom. The number of sulfonamides is 1. The third kappa shape index (κ3) is 3.93. The molecule has 146 valence electrons. The maximum absolute atomic E-state index is 12.8. The smallest absolute Gasteiger partial charge is 0.217 e. The molecule has 1 N–H and O–H groups in total. The number of rotatable bonds is 4. The van der Waals surface area contributed by atoms with E-state index in [4.69, 9.17) is 9.72 Å². The Bertz CT molecular complexity index is 904. The molecule has 27 heavy (non-hydrogen) atoms. The standard InChI is InChI=1S/C19H26N4O3S/c1-14-19(22-18-5-3-2-4-17(18)20-14)21-15-6-10-23(11-7-15)27(24,25)16-8-12-26-13-9-16/h2-5,15-16H,6-13H2,1H3,(H,21,22). The first-order valence-electron chi connectivity index (χ1n) is 9.60. The molecular weight excluding hydrogens is 364 g/mol. The van der Waals surface area contributed by atoms with Gasteiger partial charge < -0.3 is 10.1 Å². The summed E-state index contributed by atoms with van der Waals surface area (Å²) in [6.07, 6.45) is 2.76. The lowest BCUT2D eigenvalue weighted by molar-refractivity contribution is 0.0969. The van der Waals surface area contributed by atoms with E-state index < -0.39 is 10.0 Å². The van der Waals surface area contributed by atoms with Crippen LogP contribution in [-0.2, 0) is 14.8 Å². The van der Waals surface area contributed by atoms with Gasteiger partial charge in [-0.25, -0.2) is 22.7 Å². The molecule has 4 rings (SSSR count). The number of benzene rings is 1. The lowest BCUT2D eigenvalue weighted by Gasteiger charge is -2.35. The summed E-state index contributed by atoms with van der Waals surface area (Å²) < 4.78 is 32.6. The fourth-order valence-corrected chi connectivity index (χ4v) is 5.79. The minimum Gasteiger partial charge on any atom is -0.381 e. The second-order valence-corrected chi connectivity index (χ2v) is 9.53. The average molecular weight is 391 g/mol. The number of para-hydroxylation sites is 2. The second-order valence-electron chi connectivity index (χ2n) is 7.32. The molecule has 2 aromatic rings. The Kier molecular flexibility index (Phi) is 5.29. The highest BCUT2D eigenvalue weighted by Crippen LogP contribution is 2.25. The number of nitrogens with zero attached hydrogens (tertiary/aromatic N) is 3. The summed E-state index contributed by atoms with van der Waals surface area (Å²) in [4.78, 5) is 9.30. The van der Waals surface area contributed by atoms with Crippen molar-refractivity contribution in [3.63, 3.8) is 0 Å². The van der Waals surface area contributed by atoms with Crippen molar-refractivity contribution in [2.75, 3.05) is 31.6 Å². The lowest BCUT2D eigenvalue weighted by Crippen LogP contribution is -2.47. The van der Waals surface area contributed by atoms with Gasteiger partial charge in [0.15, 0.2) is 0 Å². The molecule has 0 atom stereocenters. The molecule has 0 saturated carbocycles. The maximum Gasteiger partial charge on any atom is 0.217 e. The summed E-state index contributed by atoms with van der Waals surface area (Å²) in [7, 11) is -3.22. The number of anilines is 1. The minimum atomic E-state index is -3.22. The molecule has 0 amide bonds. The number of nitrogens with one attached hydrogen (secondary N) is 1. The SMILES string of the molecule is Cc1nc2ccccc2nc1NC1CCN(S(=O)(=O)C2CCOCC2)CC1. The molecule has 3 heterocycles. The minimum absolute atomic E-state index is 0.209. The quantitative estimate of drug-likeness (QED) is 0.862. The van der Waals surface area contributed by atoms with E-state index in [-0.39, 0.29) is 11.3 Å². The van der Waals surface area contributed by atoms with Crippen LogP contribution < -0.4 is 5.32 Å². The Morgan fingerprint density at radius 2 is 1.67 bits per heavy atom. The van der Waals surface area contributed by atoms with Gasteiger partial charge in [0.05, 0.1) is 22.0 Å². The number of fused-ring (bicyclic) bond motifs is 1. The molecule has 0 bridgehead atoms. The number of aromatic nitrogens is 2. The molecule has 2 aliphatic rings. The first-order chi connectivity index (χ1) is 13.0. The highest BCUT2D eigenvalue weighted by Gasteiger charge is 2.35. The zero-order valence-electron chi connectivity index (χ0n) is 15.6. The Balaban J connectivity index is 1.40. The van der Waals surface area contributed by atoms with Gasteiger partial charge in [-0.2, -0.15) is 0 Å². The van der Waals surface area contributed by atoms with Gasteiger partial charge >= 0.3 is 0 Å². The average Bonchev–Trinajstić information content (AvgIpc) is 2.70. The predicted molar refractivity (Wildman–Crippen MR) is 105 cm³/mol. The van der Waals surface area contributed by atoms with Gasteiger partial charge in [0.25, 0.3) is 0 Å². The van der Waals surface area contributed by atoms with Gasteiger partial charge in [0.2, 0.25) is 10.0 Å². The van der Waals surface area contributed by atoms with Crippen molar-refractivity contribution in [2.24, 2.45) is 0 Å². The molecule has 1 aromatic carbocycles. The van der Waals surface area contributed by atoms with E-state index in [0.29, 0.717) is 39.1 Å². The molecule has 8 heteroatoms. The molecule has 0 spiro atoms. The summed E-state index contributed by atoms with van der Waals surface area (Å²) >= 11 is 0. The van der Waals surface area contributed by atoms with Gasteiger partial charge in [-0.05, 0) is 44.7 Å². The Hall–Kier alpha value is -1.77. The third-order valence-electron chi connectivity index (χ3n) is 5.49. The molecule has 2 aliphatic heterocycles. The number of ether oxygens (including phenoxy) is 1. The van der Waals surface area contributed by atoms with Crippen molar-refractivity contribution < 1.29 is 13.2 Å². The molecular formula is C19H26N4O3S. The molecule has 0 radical (unpaired) electrons. The summed E-state index contributed by atoms with van der Waals surface area (Å²) in [5.74, 6) is 0.791. The van der Waals surface area contributed by atoms with Gasteiger partial charge in [-0.1, -0.05) is 12.1 Å². The van der Waals surface area contributed by atoms with Crippen LogP contribution in [0.2, 0.25) is 0 Å². The van der Waals surface area contributed by atoms with E-state index in [9.17, 15) is 8.42 Å². The van der Waals surface area contributed by atoms with Crippen LogP contribution in [0.3, 0.4) is 0 Å². The predicted octanol–water partition coefficient (Wildman–Crippen LogP) is 2.32. The first kappa shape index (κ1) is 18.6. The van der Waals surface area contributed by atoms with Gasteiger partial charge in [-0.15, -0.1) is 0 Å². The van der Waals surface area contributed by atoms with E-state index in [0.717, 1.165) is 35.4 Å². The van der Waals surface area contributed by atoms with Gasteiger partial charge in [0, 0.05) is 32.3 Å². The Morgan fingerprint density at radius 1 is 1.04 bits per heavy atom. The van der Waals surface area contributed by atoms with Crippen molar-refractivity contribution in [3.05, 3.63) is 30.0 Å². The van der Waals surface area contributed by atoms with Crippen LogP contribution in [0.25, 0.3) is 11.0 Å². The monoisotopic (exact) mass is 390 g/mol. The Labute approximate surface area is 160 Å². The van der Waals surface area contributed by atoms with E-state index >= 15 is 0 Å². The van der Waals surface area contributed by atoms with E-state index in [1.54, 1.807) is 4.31 Å². The van der Waals surface area contributed by atoms with Gasteiger partial charge in [-0.3, -0.25) is 0 Å². The highest BCUT2D eigenvalue weighted by atomic mass is 32.2. The maximum atomic E-state index is 12.8. The zero-order chi connectivity index (χ0) is 18.9. The van der Waals surface area contributed by atoms with Crippen LogP contribution in [-0.4, -0.2) is 60.3 Å². The van der Waals surface area contributed by atoms with E-state index in [2.05, 4.69) is 10.3 Å². The van der Waals surface area contributed by atoms with Crippen molar-refractivity contribution in [1.29, 1.82) is 0 Å². The topological polar surface area (TPSA) is 84.4 Å². The largest absolute Gasteiger partial charge is 0.381 e. The number of hydrogen-bond donors (Lipinski definition) is 1. The van der Waals surface area contributed by atoms with E-state index in [1.165, 1.54) is 0 Å². The molecule has 1 aromatic heterocycles. The van der Waals surface area contributed by atoms with Crippen LogP contribution in [0.15, 0.2) is 24.3 Å². The van der Waals surface area contributed by atoms with Crippen LogP contribution in [0.5, 0.6) is 0 Å². The number of piperidine rings is 1. The second kappa shape index (κ2) is 7.69. The van der Waals surface area contributed by atoms with Crippen molar-refractivity contribution in [2.45, 2.75) is 43.9 Å². The van der Waals surface area contributed by atoms with Crippen molar-refractivity contribution >= 4 is 26.9 Å². The normalized spacial score (nSPS) is 20.8. The summed E-state index contributed by atoms with van der Waals surface area (Å²) in [6, 6.07) is 8.03. The first-order valence-corrected chi connectivity index (χ1v) is 11.1. The fourth-order valence-electron chi connectivity index (χ4n) is 3.86.